The van der Waals surface area contributed by atoms with E-state index in [0.717, 1.165) is 49.3 Å². The fourth-order valence-electron chi connectivity index (χ4n) is 4.04. The lowest BCUT2D eigenvalue weighted by atomic mass is 10.1. The van der Waals surface area contributed by atoms with Gasteiger partial charge in [0.15, 0.2) is 5.82 Å². The van der Waals surface area contributed by atoms with Gasteiger partial charge in [-0.25, -0.2) is 9.67 Å². The van der Waals surface area contributed by atoms with Crippen molar-refractivity contribution in [1.29, 1.82) is 0 Å². The molecule has 0 spiro atoms. The van der Waals surface area contributed by atoms with Crippen molar-refractivity contribution in [3.63, 3.8) is 0 Å². The molecule has 3 heterocycles. The summed E-state index contributed by atoms with van der Waals surface area (Å²) in [6.07, 6.45) is 4.74. The summed E-state index contributed by atoms with van der Waals surface area (Å²) in [5.41, 5.74) is 4.11. The Morgan fingerprint density at radius 2 is 1.69 bits per heavy atom. The summed E-state index contributed by atoms with van der Waals surface area (Å²) in [7, 11) is 0. The van der Waals surface area contributed by atoms with Crippen molar-refractivity contribution < 1.29 is 9.59 Å². The van der Waals surface area contributed by atoms with Gasteiger partial charge < -0.3 is 4.90 Å². The van der Waals surface area contributed by atoms with Crippen molar-refractivity contribution in [3.8, 4) is 5.82 Å². The van der Waals surface area contributed by atoms with Gasteiger partial charge >= 0.3 is 0 Å². The predicted octanol–water partition coefficient (Wildman–Crippen LogP) is 3.85. The molecule has 0 N–H and O–H groups in total. The molecule has 1 fully saturated rings. The Balaban J connectivity index is 1.59. The maximum absolute atomic E-state index is 13.5. The first kappa shape index (κ1) is 21.7. The maximum Gasteiger partial charge on any atom is 0.260 e. The number of amides is 2. The number of piperidine rings is 1. The molecule has 32 heavy (non-hydrogen) atoms. The molecule has 1 aromatic carbocycles. The van der Waals surface area contributed by atoms with E-state index in [0.29, 0.717) is 17.1 Å². The number of carbonyl (C=O) groups is 2. The van der Waals surface area contributed by atoms with Crippen LogP contribution in [0.25, 0.3) is 5.82 Å². The zero-order valence-corrected chi connectivity index (χ0v) is 18.9. The van der Waals surface area contributed by atoms with E-state index in [4.69, 9.17) is 0 Å². The van der Waals surface area contributed by atoms with E-state index >= 15 is 0 Å². The van der Waals surface area contributed by atoms with E-state index in [9.17, 15) is 9.59 Å². The quantitative estimate of drug-likeness (QED) is 0.615. The van der Waals surface area contributed by atoms with Gasteiger partial charge in [-0.3, -0.25) is 14.5 Å². The molecule has 1 aliphatic heterocycles. The third kappa shape index (κ3) is 4.72. The van der Waals surface area contributed by atoms with Gasteiger partial charge in [-0.05, 0) is 70.4 Å². The number of carbonyl (C=O) groups excluding carboxylic acids is 2. The third-order valence-electron chi connectivity index (χ3n) is 5.81. The first-order chi connectivity index (χ1) is 15.4. The largest absolute Gasteiger partial charge is 0.341 e. The second kappa shape index (κ2) is 9.34. The average molecular weight is 432 g/mol. The molecule has 1 aliphatic rings. The van der Waals surface area contributed by atoms with Crippen LogP contribution < -0.4 is 4.90 Å². The van der Waals surface area contributed by atoms with Gasteiger partial charge in [-0.2, -0.15) is 5.10 Å². The van der Waals surface area contributed by atoms with Gasteiger partial charge in [-0.15, -0.1) is 0 Å². The van der Waals surface area contributed by atoms with Crippen LogP contribution in [0.4, 0.5) is 5.69 Å². The van der Waals surface area contributed by atoms with Crippen molar-refractivity contribution in [1.82, 2.24) is 19.7 Å². The van der Waals surface area contributed by atoms with Crippen molar-refractivity contribution in [2.24, 2.45) is 0 Å². The summed E-state index contributed by atoms with van der Waals surface area (Å²) < 4.78 is 1.75. The highest BCUT2D eigenvalue weighted by Gasteiger charge is 2.25. The van der Waals surface area contributed by atoms with Gasteiger partial charge in [0.05, 0.1) is 11.3 Å². The lowest BCUT2D eigenvalue weighted by molar-refractivity contribution is -0.130. The van der Waals surface area contributed by atoms with Crippen LogP contribution in [0, 0.1) is 20.8 Å². The van der Waals surface area contributed by atoms with Crippen molar-refractivity contribution >= 4 is 17.5 Å². The molecule has 3 aromatic rings. The third-order valence-corrected chi connectivity index (χ3v) is 5.81. The average Bonchev–Trinajstić information content (AvgIpc) is 3.16. The van der Waals surface area contributed by atoms with Crippen LogP contribution in [0.2, 0.25) is 0 Å². The zero-order chi connectivity index (χ0) is 22.7. The van der Waals surface area contributed by atoms with Crippen LogP contribution in [0.1, 0.15) is 46.6 Å². The van der Waals surface area contributed by atoms with Crippen LogP contribution >= 0.6 is 0 Å². The standard InChI is InChI=1S/C25H29N5O2/c1-18-7-10-22(11-8-18)29(17-24(31)28-13-5-4-6-14-28)25(32)21-9-12-23(26-16-21)30-20(3)15-19(2)27-30/h7-12,15-16H,4-6,13-14,17H2,1-3H3. The number of benzene rings is 1. The molecule has 166 valence electrons. The number of rotatable bonds is 5. The number of pyridine rings is 1. The van der Waals surface area contributed by atoms with Crippen molar-refractivity contribution in [2.75, 3.05) is 24.5 Å². The van der Waals surface area contributed by atoms with Gasteiger partial charge in [0.2, 0.25) is 5.91 Å². The highest BCUT2D eigenvalue weighted by molar-refractivity contribution is 6.08. The molecule has 0 saturated carbocycles. The summed E-state index contributed by atoms with van der Waals surface area (Å²) in [5, 5.41) is 4.45. The number of aryl methyl sites for hydroxylation is 3. The Morgan fingerprint density at radius 3 is 2.28 bits per heavy atom. The molecular weight excluding hydrogens is 402 g/mol. The number of hydrogen-bond acceptors (Lipinski definition) is 4. The van der Waals surface area contributed by atoms with E-state index in [1.54, 1.807) is 27.9 Å². The van der Waals surface area contributed by atoms with Gasteiger partial charge in [-0.1, -0.05) is 17.7 Å². The Hall–Kier alpha value is -3.48. The van der Waals surface area contributed by atoms with E-state index in [2.05, 4.69) is 10.1 Å². The lowest BCUT2D eigenvalue weighted by Crippen LogP contribution is -2.45. The van der Waals surface area contributed by atoms with Crippen molar-refractivity contribution in [3.05, 3.63) is 71.2 Å². The van der Waals surface area contributed by atoms with Gasteiger partial charge in [0.1, 0.15) is 6.54 Å². The smallest absolute Gasteiger partial charge is 0.260 e. The highest BCUT2D eigenvalue weighted by atomic mass is 16.2. The number of hydrogen-bond donors (Lipinski definition) is 0. The summed E-state index contributed by atoms with van der Waals surface area (Å²) in [4.78, 5) is 34.3. The molecule has 4 rings (SSSR count). The molecule has 0 atom stereocenters. The number of anilines is 1. The number of aromatic nitrogens is 3. The molecule has 7 nitrogen and oxygen atoms in total. The zero-order valence-electron chi connectivity index (χ0n) is 18.9. The maximum atomic E-state index is 13.5. The molecule has 0 bridgehead atoms. The Labute approximate surface area is 188 Å². The topological polar surface area (TPSA) is 71.3 Å². The molecule has 7 heteroatoms. The summed E-state index contributed by atoms with van der Waals surface area (Å²) in [6, 6.07) is 13.2. The summed E-state index contributed by atoms with van der Waals surface area (Å²) in [6.45, 7) is 7.42. The molecule has 0 unspecified atom stereocenters. The molecular formula is C25H29N5O2. The van der Waals surface area contributed by atoms with E-state index < -0.39 is 0 Å². The van der Waals surface area contributed by atoms with E-state index in [1.807, 2.05) is 56.0 Å². The minimum atomic E-state index is -0.244. The number of likely N-dealkylation sites (tertiary alicyclic amines) is 1. The normalized spacial score (nSPS) is 13.8. The summed E-state index contributed by atoms with van der Waals surface area (Å²) >= 11 is 0. The second-order valence-corrected chi connectivity index (χ2v) is 8.41. The van der Waals surface area contributed by atoms with Crippen LogP contribution in [0.15, 0.2) is 48.7 Å². The molecule has 2 aromatic heterocycles. The Kier molecular flexibility index (Phi) is 6.35. The molecule has 0 radical (unpaired) electrons. The molecule has 1 saturated heterocycles. The molecule has 0 aliphatic carbocycles. The fraction of sp³-hybridized carbons (Fsp3) is 0.360. The Morgan fingerprint density at radius 1 is 0.969 bits per heavy atom. The second-order valence-electron chi connectivity index (χ2n) is 8.41. The van der Waals surface area contributed by atoms with Crippen molar-refractivity contribution in [2.45, 2.75) is 40.0 Å². The minimum absolute atomic E-state index is 0.0150. The van der Waals surface area contributed by atoms with Crippen LogP contribution in [0.5, 0.6) is 0 Å². The van der Waals surface area contributed by atoms with Gasteiger partial charge in [0, 0.05) is 30.7 Å². The summed E-state index contributed by atoms with van der Waals surface area (Å²) in [5.74, 6) is 0.385. The number of nitrogens with zero attached hydrogens (tertiary/aromatic N) is 5. The van der Waals surface area contributed by atoms with E-state index in [-0.39, 0.29) is 18.4 Å². The SMILES string of the molecule is Cc1ccc(N(CC(=O)N2CCCCC2)C(=O)c2ccc(-n3nc(C)cc3C)nc2)cc1. The molecule has 2 amide bonds. The van der Waals surface area contributed by atoms with Crippen LogP contribution in [-0.2, 0) is 4.79 Å². The highest BCUT2D eigenvalue weighted by Crippen LogP contribution is 2.20. The fourth-order valence-corrected chi connectivity index (χ4v) is 4.04. The predicted molar refractivity (Wildman–Crippen MR) is 124 cm³/mol. The minimum Gasteiger partial charge on any atom is -0.341 e. The van der Waals surface area contributed by atoms with Crippen LogP contribution in [0.3, 0.4) is 0 Å². The van der Waals surface area contributed by atoms with Gasteiger partial charge in [0.25, 0.3) is 5.91 Å². The van der Waals surface area contributed by atoms with E-state index in [1.165, 1.54) is 0 Å². The lowest BCUT2D eigenvalue weighted by Gasteiger charge is -2.30. The Bertz CT molecular complexity index is 1100. The first-order valence-corrected chi connectivity index (χ1v) is 11.1. The van der Waals surface area contributed by atoms with Crippen LogP contribution in [-0.4, -0.2) is 51.1 Å². The monoisotopic (exact) mass is 431 g/mol. The first-order valence-electron chi connectivity index (χ1n) is 11.1.